The Balaban J connectivity index is 1.02. The number of hydrogen-bond acceptors (Lipinski definition) is 1. The van der Waals surface area contributed by atoms with E-state index in [2.05, 4.69) is 267 Å². The largest absolute Gasteiger partial charge is 0.308 e. The van der Waals surface area contributed by atoms with E-state index in [1.807, 2.05) is 11.3 Å². The first kappa shape index (κ1) is 41.3. The van der Waals surface area contributed by atoms with Crippen LogP contribution in [-0.4, -0.2) is 13.7 Å². The summed E-state index contributed by atoms with van der Waals surface area (Å²) >= 11 is 1.88. The Morgan fingerprint density at radius 3 is 1.27 bits per heavy atom. The number of para-hydroxylation sites is 7. The molecular formula is C62H53N3S. The van der Waals surface area contributed by atoms with Gasteiger partial charge in [-0.15, -0.1) is 11.3 Å². The van der Waals surface area contributed by atoms with Crippen molar-refractivity contribution in [3.05, 3.63) is 235 Å². The molecule has 4 heteroatoms. The first-order valence-electron chi connectivity index (χ1n) is 23.1. The van der Waals surface area contributed by atoms with E-state index in [1.165, 1.54) is 58.7 Å². The molecule has 11 aromatic rings. The fourth-order valence-electron chi connectivity index (χ4n) is 9.95. The van der Waals surface area contributed by atoms with Crippen molar-refractivity contribution >= 4 is 75.4 Å². The number of fused-ring (bicyclic) bond motifs is 8. The molecule has 66 heavy (non-hydrogen) atoms. The third kappa shape index (κ3) is 7.42. The van der Waals surface area contributed by atoms with Crippen LogP contribution in [-0.2, 0) is 17.3 Å². The molecule has 0 radical (unpaired) electrons. The van der Waals surface area contributed by atoms with Crippen molar-refractivity contribution in [2.24, 2.45) is 0 Å². The lowest BCUT2D eigenvalue weighted by Gasteiger charge is -2.26. The van der Waals surface area contributed by atoms with Crippen LogP contribution in [0.4, 0.5) is 0 Å². The molecule has 0 amide bonds. The molecule has 322 valence electrons. The van der Waals surface area contributed by atoms with Gasteiger partial charge >= 0.3 is 0 Å². The van der Waals surface area contributed by atoms with Gasteiger partial charge in [-0.05, 0) is 119 Å². The highest BCUT2D eigenvalue weighted by Crippen LogP contribution is 2.37. The Labute approximate surface area is 391 Å². The van der Waals surface area contributed by atoms with Gasteiger partial charge in [0.25, 0.3) is 0 Å². The summed E-state index contributed by atoms with van der Waals surface area (Å²) in [5.41, 5.74) is 14.2. The first-order valence-corrected chi connectivity index (χ1v) is 23.9. The molecule has 0 fully saturated rings. The molecule has 0 unspecified atom stereocenters. The number of nitrogens with zero attached hydrogens (tertiary/aromatic N) is 3. The monoisotopic (exact) mass is 871 g/mol. The van der Waals surface area contributed by atoms with E-state index >= 15 is 0 Å². The molecule has 9 aromatic carbocycles. The van der Waals surface area contributed by atoms with Crippen LogP contribution in [0.25, 0.3) is 81.1 Å². The average Bonchev–Trinajstić information content (AvgIpc) is 3.33. The minimum Gasteiger partial charge on any atom is -0.308 e. The summed E-state index contributed by atoms with van der Waals surface area (Å²) < 4.78 is 9.81. The van der Waals surface area contributed by atoms with Crippen molar-refractivity contribution in [2.45, 2.75) is 51.9 Å². The zero-order valence-electron chi connectivity index (χ0n) is 38.2. The molecule has 2 heterocycles. The second-order valence-corrected chi connectivity index (χ2v) is 20.3. The van der Waals surface area contributed by atoms with Gasteiger partial charge in [0.05, 0.1) is 37.8 Å². The van der Waals surface area contributed by atoms with Gasteiger partial charge in [-0.1, -0.05) is 168 Å². The minimum atomic E-state index is -0.139. The van der Waals surface area contributed by atoms with Crippen molar-refractivity contribution < 1.29 is 0 Å². The van der Waals surface area contributed by atoms with Crippen LogP contribution in [0.3, 0.4) is 0 Å². The summed E-state index contributed by atoms with van der Waals surface area (Å²) in [6.07, 6.45) is 0.897. The highest BCUT2D eigenvalue weighted by Gasteiger charge is 2.23. The predicted octanol–water partition coefficient (Wildman–Crippen LogP) is 17.1. The summed E-state index contributed by atoms with van der Waals surface area (Å²) in [5.74, 6) is 0. The van der Waals surface area contributed by atoms with Crippen LogP contribution in [0.1, 0.15) is 51.3 Å². The van der Waals surface area contributed by atoms with Gasteiger partial charge < -0.3 is 13.7 Å². The zero-order chi connectivity index (χ0) is 45.0. The Bertz CT molecular complexity index is 3720. The lowest BCUT2D eigenvalue weighted by molar-refractivity contribution is 0.522. The van der Waals surface area contributed by atoms with Crippen molar-refractivity contribution in [2.75, 3.05) is 0 Å². The first-order chi connectivity index (χ1) is 32.1. The number of rotatable bonds is 6. The van der Waals surface area contributed by atoms with Gasteiger partial charge in [-0.3, -0.25) is 0 Å². The molecule has 0 aliphatic heterocycles. The Hall–Kier alpha value is -7.40. The highest BCUT2D eigenvalue weighted by atomic mass is 32.1. The molecule has 0 saturated carbocycles. The smallest absolute Gasteiger partial charge is 0.0702 e. The van der Waals surface area contributed by atoms with E-state index in [9.17, 15) is 0 Å². The maximum absolute atomic E-state index is 2.45. The maximum Gasteiger partial charge on any atom is 0.0702 e. The summed E-state index contributed by atoms with van der Waals surface area (Å²) in [6.45, 7) is 11.6. The lowest BCUT2D eigenvalue weighted by atomic mass is 9.79. The predicted molar refractivity (Wildman–Crippen MR) is 284 cm³/mol. The van der Waals surface area contributed by atoms with Crippen molar-refractivity contribution in [1.82, 2.24) is 13.7 Å². The van der Waals surface area contributed by atoms with Crippen LogP contribution in [0.5, 0.6) is 0 Å². The Kier molecular flexibility index (Phi) is 10.4. The SMILES string of the molecule is CC(C)(C)c1ccc(-n2c3ccccc3sc3cc(CC(C)(C)c4ccc(-n5c6ccccc6c6ccccc6n(-c6ccccc6)c6ccccc65)cc4)ccc3c3ccccc32)cc1. The molecule has 11 rings (SSSR count). The second-order valence-electron chi connectivity index (χ2n) is 19.2. The normalized spacial score (nSPS) is 12.1. The fourth-order valence-corrected chi connectivity index (χ4v) is 11.1. The number of hydrogen-bond donors (Lipinski definition) is 0. The molecule has 2 aromatic heterocycles. The van der Waals surface area contributed by atoms with Gasteiger partial charge in [0.2, 0.25) is 0 Å². The third-order valence-corrected chi connectivity index (χ3v) is 14.4. The standard InChI is InChI=1S/C62H53N3S/c1-61(2,3)44-32-36-48(37-33-44)65-55-26-14-11-23-51(55)52-40-31-43(41-60(52)66-59-30-18-17-29-58(59)65)42-62(4,5)45-34-38-47(39-35-45)64-54-25-13-10-22-50(54)49-21-9-12-24-53(49)63(46-19-7-6-8-20-46)56-27-15-16-28-57(56)64/h6-41H,42H2,1-5H3. The van der Waals surface area contributed by atoms with E-state index < -0.39 is 0 Å². The van der Waals surface area contributed by atoms with Crippen LogP contribution in [0, 0.1) is 0 Å². The summed E-state index contributed by atoms with van der Waals surface area (Å²) in [7, 11) is 0. The minimum absolute atomic E-state index is 0.0845. The lowest BCUT2D eigenvalue weighted by Crippen LogP contribution is -2.20. The molecule has 0 atom stereocenters. The van der Waals surface area contributed by atoms with E-state index in [0.717, 1.165) is 45.5 Å². The van der Waals surface area contributed by atoms with Gasteiger partial charge in [-0.25, -0.2) is 0 Å². The fraction of sp³-hybridized carbons (Fsp3) is 0.129. The Morgan fingerprint density at radius 1 is 0.333 bits per heavy atom. The van der Waals surface area contributed by atoms with Crippen molar-refractivity contribution in [1.29, 1.82) is 0 Å². The highest BCUT2D eigenvalue weighted by molar-refractivity contribution is 7.24. The Morgan fingerprint density at radius 2 is 0.742 bits per heavy atom. The van der Waals surface area contributed by atoms with Gasteiger partial charge in [0.15, 0.2) is 0 Å². The molecule has 0 saturated heterocycles. The van der Waals surface area contributed by atoms with Gasteiger partial charge in [0.1, 0.15) is 0 Å². The van der Waals surface area contributed by atoms with Crippen molar-refractivity contribution in [3.63, 3.8) is 0 Å². The molecule has 0 spiro atoms. The van der Waals surface area contributed by atoms with Gasteiger partial charge in [-0.2, -0.15) is 0 Å². The van der Waals surface area contributed by atoms with E-state index in [-0.39, 0.29) is 10.8 Å². The third-order valence-electron chi connectivity index (χ3n) is 13.3. The number of benzene rings is 9. The topological polar surface area (TPSA) is 14.8 Å². The molecular weight excluding hydrogens is 819 g/mol. The quantitative estimate of drug-likeness (QED) is 0.158. The molecule has 0 bridgehead atoms. The van der Waals surface area contributed by atoms with Crippen LogP contribution in [0.15, 0.2) is 218 Å². The van der Waals surface area contributed by atoms with E-state index in [1.54, 1.807) is 0 Å². The molecule has 0 aliphatic rings. The van der Waals surface area contributed by atoms with Crippen LogP contribution < -0.4 is 0 Å². The number of aromatic nitrogens is 3. The van der Waals surface area contributed by atoms with Gasteiger partial charge in [0, 0.05) is 43.3 Å². The van der Waals surface area contributed by atoms with E-state index in [4.69, 9.17) is 0 Å². The summed E-state index contributed by atoms with van der Waals surface area (Å²) in [6, 6.07) is 80.5. The molecule has 3 nitrogen and oxygen atoms in total. The van der Waals surface area contributed by atoms with Crippen LogP contribution in [0.2, 0.25) is 0 Å². The van der Waals surface area contributed by atoms with Crippen LogP contribution >= 0.6 is 11.3 Å². The summed E-state index contributed by atoms with van der Waals surface area (Å²) in [4.78, 5) is 0. The van der Waals surface area contributed by atoms with Crippen molar-refractivity contribution in [3.8, 4) is 17.1 Å². The van der Waals surface area contributed by atoms with E-state index in [0.29, 0.717) is 0 Å². The molecule has 0 N–H and O–H groups in total. The average molecular weight is 872 g/mol. The second kappa shape index (κ2) is 16.5. The zero-order valence-corrected chi connectivity index (χ0v) is 39.1. The summed E-state index contributed by atoms with van der Waals surface area (Å²) in [5, 5.41) is 4.88. The molecule has 0 aliphatic carbocycles. The maximum atomic E-state index is 2.45.